The molecule has 2 fully saturated rings. The molecule has 2 unspecified atom stereocenters. The van der Waals surface area contributed by atoms with Crippen LogP contribution in [0.3, 0.4) is 0 Å². The monoisotopic (exact) mass is 287 g/mol. The second-order valence-electron chi connectivity index (χ2n) is 8.03. The highest BCUT2D eigenvalue weighted by molar-refractivity contribution is 5.17. The van der Waals surface area contributed by atoms with Gasteiger partial charge in [-0.15, -0.1) is 0 Å². The number of aromatic nitrogens is 1. The normalized spacial score (nSPS) is 27.8. The summed E-state index contributed by atoms with van der Waals surface area (Å²) in [5, 5.41) is 3.80. The van der Waals surface area contributed by atoms with Gasteiger partial charge in [0.25, 0.3) is 0 Å². The molecule has 1 saturated carbocycles. The predicted octanol–water partition coefficient (Wildman–Crippen LogP) is 2.99. The molecule has 21 heavy (non-hydrogen) atoms. The third-order valence-electron chi connectivity index (χ3n) is 4.99. The minimum atomic E-state index is 0.317. The number of hydrogen-bond acceptors (Lipinski definition) is 3. The Balaban J connectivity index is 1.74. The Hall–Kier alpha value is -0.930. The Bertz CT molecular complexity index is 487. The van der Waals surface area contributed by atoms with Crippen LogP contribution in [0.2, 0.25) is 0 Å². The molecule has 2 aliphatic rings. The fourth-order valence-electron chi connectivity index (χ4n) is 3.47. The van der Waals surface area contributed by atoms with Crippen LogP contribution in [0.25, 0.3) is 0 Å². The molecule has 0 amide bonds. The molecule has 1 N–H and O–H groups in total. The van der Waals surface area contributed by atoms with Crippen LogP contribution in [0.5, 0.6) is 0 Å². The summed E-state index contributed by atoms with van der Waals surface area (Å²) in [7, 11) is 0. The lowest BCUT2D eigenvalue weighted by atomic mass is 9.84. The van der Waals surface area contributed by atoms with Gasteiger partial charge < -0.3 is 5.32 Å². The summed E-state index contributed by atoms with van der Waals surface area (Å²) in [6.07, 6.45) is 6.80. The largest absolute Gasteiger partial charge is 0.311 e. The van der Waals surface area contributed by atoms with Crippen molar-refractivity contribution in [2.45, 2.75) is 59.2 Å². The summed E-state index contributed by atoms with van der Waals surface area (Å²) in [6.45, 7) is 12.5. The van der Waals surface area contributed by atoms with Crippen LogP contribution in [0.15, 0.2) is 18.5 Å². The molecule has 2 heterocycles. The average molecular weight is 287 g/mol. The van der Waals surface area contributed by atoms with Crippen molar-refractivity contribution in [3.05, 3.63) is 29.6 Å². The first-order valence-corrected chi connectivity index (χ1v) is 8.31. The zero-order valence-electron chi connectivity index (χ0n) is 13.9. The highest BCUT2D eigenvalue weighted by Crippen LogP contribution is 2.38. The van der Waals surface area contributed by atoms with E-state index in [9.17, 15) is 0 Å². The van der Waals surface area contributed by atoms with Crippen molar-refractivity contribution in [3.8, 4) is 0 Å². The third kappa shape index (κ3) is 3.64. The lowest BCUT2D eigenvalue weighted by Crippen LogP contribution is -2.60. The van der Waals surface area contributed by atoms with Gasteiger partial charge in [-0.1, -0.05) is 26.8 Å². The van der Waals surface area contributed by atoms with E-state index in [0.717, 1.165) is 25.6 Å². The van der Waals surface area contributed by atoms with Gasteiger partial charge in [0, 0.05) is 44.1 Å². The predicted molar refractivity (Wildman–Crippen MR) is 87.1 cm³/mol. The summed E-state index contributed by atoms with van der Waals surface area (Å²) in [6, 6.07) is 3.57. The van der Waals surface area contributed by atoms with E-state index < -0.39 is 0 Å². The maximum atomic E-state index is 4.36. The highest BCUT2D eigenvalue weighted by atomic mass is 15.2. The van der Waals surface area contributed by atoms with E-state index in [2.05, 4.69) is 49.0 Å². The third-order valence-corrected chi connectivity index (χ3v) is 4.99. The van der Waals surface area contributed by atoms with Crippen molar-refractivity contribution in [1.29, 1.82) is 0 Å². The second kappa shape index (κ2) is 5.69. The molecule has 0 bridgehead atoms. The molecule has 3 nitrogen and oxygen atoms in total. The van der Waals surface area contributed by atoms with Gasteiger partial charge in [0.15, 0.2) is 0 Å². The number of piperazine rings is 1. The Kier molecular flexibility index (Phi) is 4.06. The van der Waals surface area contributed by atoms with E-state index in [1.54, 1.807) is 0 Å². The van der Waals surface area contributed by atoms with Gasteiger partial charge in [0.05, 0.1) is 0 Å². The van der Waals surface area contributed by atoms with E-state index >= 15 is 0 Å². The molecule has 1 aliphatic carbocycles. The zero-order chi connectivity index (χ0) is 15.0. The minimum Gasteiger partial charge on any atom is -0.311 e. The molecule has 1 aromatic heterocycles. The van der Waals surface area contributed by atoms with E-state index in [1.807, 2.05) is 12.4 Å². The van der Waals surface area contributed by atoms with Gasteiger partial charge in [0.2, 0.25) is 0 Å². The smallest absolute Gasteiger partial charge is 0.0313 e. The first kappa shape index (κ1) is 15.0. The molecule has 1 saturated heterocycles. The molecule has 1 aromatic rings. The van der Waals surface area contributed by atoms with Gasteiger partial charge in [-0.3, -0.25) is 9.88 Å². The molecule has 2 atom stereocenters. The van der Waals surface area contributed by atoms with Crippen LogP contribution in [0.4, 0.5) is 0 Å². The summed E-state index contributed by atoms with van der Waals surface area (Å²) >= 11 is 0. The van der Waals surface area contributed by atoms with Crippen LogP contribution < -0.4 is 5.32 Å². The number of hydrogen-bond donors (Lipinski definition) is 1. The SMILES string of the molecule is Cc1cncc(CN2CC(C(C)(C)C)NCC2C2CC2)c1. The summed E-state index contributed by atoms with van der Waals surface area (Å²) < 4.78 is 0. The minimum absolute atomic E-state index is 0.317. The number of aryl methyl sites for hydroxylation is 1. The van der Waals surface area contributed by atoms with E-state index in [-0.39, 0.29) is 0 Å². The lowest BCUT2D eigenvalue weighted by molar-refractivity contribution is 0.0688. The maximum absolute atomic E-state index is 4.36. The van der Waals surface area contributed by atoms with Gasteiger partial charge in [-0.25, -0.2) is 0 Å². The Morgan fingerprint density at radius 2 is 2.05 bits per heavy atom. The Labute approximate surface area is 129 Å². The summed E-state index contributed by atoms with van der Waals surface area (Å²) in [5.41, 5.74) is 2.94. The van der Waals surface area contributed by atoms with Crippen molar-refractivity contribution in [2.75, 3.05) is 13.1 Å². The molecule has 116 valence electrons. The van der Waals surface area contributed by atoms with Gasteiger partial charge in [-0.05, 0) is 42.2 Å². The molecule has 3 rings (SSSR count). The van der Waals surface area contributed by atoms with Crippen molar-refractivity contribution in [2.24, 2.45) is 11.3 Å². The van der Waals surface area contributed by atoms with Crippen LogP contribution in [-0.2, 0) is 6.54 Å². The second-order valence-corrected chi connectivity index (χ2v) is 8.03. The quantitative estimate of drug-likeness (QED) is 0.926. The molecule has 0 aromatic carbocycles. The summed E-state index contributed by atoms with van der Waals surface area (Å²) in [4.78, 5) is 7.07. The molecule has 0 radical (unpaired) electrons. The van der Waals surface area contributed by atoms with Gasteiger partial charge in [0.1, 0.15) is 0 Å². The van der Waals surface area contributed by atoms with Crippen LogP contribution in [0, 0.1) is 18.3 Å². The van der Waals surface area contributed by atoms with Gasteiger partial charge >= 0.3 is 0 Å². The van der Waals surface area contributed by atoms with Crippen LogP contribution >= 0.6 is 0 Å². The average Bonchev–Trinajstić information content (AvgIpc) is 3.22. The Morgan fingerprint density at radius 1 is 1.29 bits per heavy atom. The summed E-state index contributed by atoms with van der Waals surface area (Å²) in [5.74, 6) is 0.913. The lowest BCUT2D eigenvalue weighted by Gasteiger charge is -2.45. The topological polar surface area (TPSA) is 28.2 Å². The molecular formula is C18H29N3. The highest BCUT2D eigenvalue weighted by Gasteiger charge is 2.41. The molecule has 0 spiro atoms. The van der Waals surface area contributed by atoms with Gasteiger partial charge in [-0.2, -0.15) is 0 Å². The van der Waals surface area contributed by atoms with E-state index in [0.29, 0.717) is 17.5 Å². The number of pyridine rings is 1. The van der Waals surface area contributed by atoms with Crippen molar-refractivity contribution >= 4 is 0 Å². The van der Waals surface area contributed by atoms with E-state index in [4.69, 9.17) is 0 Å². The first-order chi connectivity index (χ1) is 9.93. The van der Waals surface area contributed by atoms with Crippen LogP contribution in [0.1, 0.15) is 44.7 Å². The first-order valence-electron chi connectivity index (χ1n) is 8.31. The number of nitrogens with zero attached hydrogens (tertiary/aromatic N) is 2. The van der Waals surface area contributed by atoms with Crippen molar-refractivity contribution in [1.82, 2.24) is 15.2 Å². The molecule has 3 heteroatoms. The fraction of sp³-hybridized carbons (Fsp3) is 0.722. The van der Waals surface area contributed by atoms with Crippen molar-refractivity contribution < 1.29 is 0 Å². The maximum Gasteiger partial charge on any atom is 0.0313 e. The van der Waals surface area contributed by atoms with Crippen LogP contribution in [-0.4, -0.2) is 35.1 Å². The van der Waals surface area contributed by atoms with E-state index in [1.165, 1.54) is 24.0 Å². The fourth-order valence-corrected chi connectivity index (χ4v) is 3.47. The number of nitrogens with one attached hydrogen (secondary N) is 1. The standard InChI is InChI=1S/C18H29N3/c1-13-7-14(9-19-8-13)11-21-12-17(18(2,3)4)20-10-16(21)15-5-6-15/h7-9,15-17,20H,5-6,10-12H2,1-4H3. The zero-order valence-corrected chi connectivity index (χ0v) is 13.9. The molecular weight excluding hydrogens is 258 g/mol. The Morgan fingerprint density at radius 3 is 2.67 bits per heavy atom. The molecule has 1 aliphatic heterocycles. The number of rotatable bonds is 3. The van der Waals surface area contributed by atoms with Crippen molar-refractivity contribution in [3.63, 3.8) is 0 Å².